The van der Waals surface area contributed by atoms with Crippen molar-refractivity contribution < 1.29 is 4.92 Å². The molecule has 0 aliphatic heterocycles. The van der Waals surface area contributed by atoms with E-state index in [0.717, 1.165) is 44.9 Å². The summed E-state index contributed by atoms with van der Waals surface area (Å²) in [6.07, 6.45) is 0. The van der Waals surface area contributed by atoms with E-state index in [-0.39, 0.29) is 5.69 Å². The number of nitro groups is 1. The molecule has 5 rings (SSSR count). The van der Waals surface area contributed by atoms with E-state index in [9.17, 15) is 10.1 Å². The molecule has 0 spiro atoms. The minimum Gasteiger partial charge on any atom is -0.327 e. The van der Waals surface area contributed by atoms with Crippen LogP contribution in [0.4, 0.5) is 5.69 Å². The second-order valence-corrected chi connectivity index (χ2v) is 6.98. The number of hydrogen-bond donors (Lipinski definition) is 1. The highest BCUT2D eigenvalue weighted by Crippen LogP contribution is 2.39. The van der Waals surface area contributed by atoms with Gasteiger partial charge in [-0.1, -0.05) is 42.5 Å². The first kappa shape index (κ1) is 17.8. The van der Waals surface area contributed by atoms with Gasteiger partial charge >= 0.3 is 0 Å². The Balaban J connectivity index is 1.77. The van der Waals surface area contributed by atoms with Crippen molar-refractivity contribution in [1.82, 2.24) is 19.7 Å². The number of imidazole rings is 1. The lowest BCUT2D eigenvalue weighted by atomic mass is 10.0. The van der Waals surface area contributed by atoms with E-state index in [2.05, 4.69) is 10.2 Å². The first-order valence-electron chi connectivity index (χ1n) is 9.44. The Bertz CT molecular complexity index is 1370. The van der Waals surface area contributed by atoms with Crippen molar-refractivity contribution in [2.45, 2.75) is 0 Å². The number of aromatic nitrogens is 4. The molecule has 7 nitrogen and oxygen atoms in total. The summed E-state index contributed by atoms with van der Waals surface area (Å²) in [5.74, 6) is 0.775. The largest absolute Gasteiger partial charge is 0.327 e. The molecule has 0 amide bonds. The van der Waals surface area contributed by atoms with Crippen LogP contribution in [0.15, 0.2) is 78.9 Å². The van der Waals surface area contributed by atoms with Crippen molar-refractivity contribution in [1.29, 1.82) is 0 Å². The molecule has 0 atom stereocenters. The average Bonchev–Trinajstić information content (AvgIpc) is 3.36. The molecule has 0 saturated heterocycles. The van der Waals surface area contributed by atoms with Crippen molar-refractivity contribution in [3.05, 3.63) is 89.0 Å². The van der Waals surface area contributed by atoms with Crippen LogP contribution in [0.3, 0.4) is 0 Å². The van der Waals surface area contributed by atoms with E-state index < -0.39 is 4.92 Å². The minimum absolute atomic E-state index is 0.0471. The quantitative estimate of drug-likeness (QED) is 0.334. The topological polar surface area (TPSA) is 89.6 Å². The first-order chi connectivity index (χ1) is 14.6. The molecule has 146 valence electrons. The molecular weight excluding hydrogens is 378 g/mol. The Morgan fingerprint density at radius 1 is 0.900 bits per heavy atom. The number of H-pyrrole nitrogens is 1. The van der Waals surface area contributed by atoms with Crippen molar-refractivity contribution in [3.8, 4) is 33.9 Å². The normalized spacial score (nSPS) is 11.1. The molecule has 0 fully saturated rings. The van der Waals surface area contributed by atoms with Crippen molar-refractivity contribution >= 4 is 16.7 Å². The zero-order chi connectivity index (χ0) is 20.7. The molecule has 5 aromatic rings. The van der Waals surface area contributed by atoms with Crippen LogP contribution in [-0.2, 0) is 7.05 Å². The van der Waals surface area contributed by atoms with Gasteiger partial charge in [0.15, 0.2) is 0 Å². The number of nitro benzene ring substituents is 1. The number of para-hydroxylation sites is 2. The summed E-state index contributed by atoms with van der Waals surface area (Å²) < 4.78 is 2.04. The zero-order valence-corrected chi connectivity index (χ0v) is 16.1. The highest BCUT2D eigenvalue weighted by Gasteiger charge is 2.23. The summed E-state index contributed by atoms with van der Waals surface area (Å²) in [4.78, 5) is 15.5. The average molecular weight is 395 g/mol. The van der Waals surface area contributed by atoms with E-state index in [0.29, 0.717) is 0 Å². The van der Waals surface area contributed by atoms with E-state index in [1.807, 2.05) is 66.2 Å². The Hall–Kier alpha value is -4.26. The first-order valence-corrected chi connectivity index (χ1v) is 9.44. The highest BCUT2D eigenvalue weighted by atomic mass is 16.6. The fourth-order valence-corrected chi connectivity index (χ4v) is 3.69. The molecule has 1 N–H and O–H groups in total. The number of benzene rings is 3. The summed E-state index contributed by atoms with van der Waals surface area (Å²) in [5.41, 5.74) is 6.12. The number of fused-ring (bicyclic) bond motifs is 1. The Labute approximate surface area is 171 Å². The summed E-state index contributed by atoms with van der Waals surface area (Å²) >= 11 is 0. The van der Waals surface area contributed by atoms with Crippen LogP contribution in [0.2, 0.25) is 0 Å². The van der Waals surface area contributed by atoms with Gasteiger partial charge in [0.1, 0.15) is 11.5 Å². The third-order valence-electron chi connectivity index (χ3n) is 5.19. The Morgan fingerprint density at radius 2 is 1.60 bits per heavy atom. The van der Waals surface area contributed by atoms with Crippen LogP contribution < -0.4 is 0 Å². The van der Waals surface area contributed by atoms with Crippen molar-refractivity contribution in [2.24, 2.45) is 7.05 Å². The number of aromatic amines is 1. The van der Waals surface area contributed by atoms with Crippen LogP contribution in [0.5, 0.6) is 0 Å². The molecule has 7 heteroatoms. The van der Waals surface area contributed by atoms with Crippen LogP contribution in [0.1, 0.15) is 0 Å². The van der Waals surface area contributed by atoms with Crippen LogP contribution in [0, 0.1) is 10.1 Å². The lowest BCUT2D eigenvalue weighted by Gasteiger charge is -2.07. The number of non-ortho nitro benzene ring substituents is 1. The molecular formula is C23H17N5O2. The summed E-state index contributed by atoms with van der Waals surface area (Å²) in [6, 6.07) is 24.3. The van der Waals surface area contributed by atoms with E-state index in [1.165, 1.54) is 12.1 Å². The Morgan fingerprint density at radius 3 is 2.30 bits per heavy atom. The summed E-state index contributed by atoms with van der Waals surface area (Å²) in [5, 5.41) is 18.8. The minimum atomic E-state index is -0.404. The molecule has 0 radical (unpaired) electrons. The second-order valence-electron chi connectivity index (χ2n) is 6.98. The smallest absolute Gasteiger partial charge is 0.269 e. The molecule has 2 heterocycles. The summed E-state index contributed by atoms with van der Waals surface area (Å²) in [6.45, 7) is 0. The van der Waals surface area contributed by atoms with Gasteiger partial charge < -0.3 is 4.57 Å². The number of nitrogens with zero attached hydrogens (tertiary/aromatic N) is 4. The predicted molar refractivity (Wildman–Crippen MR) is 116 cm³/mol. The number of aryl methyl sites for hydroxylation is 1. The molecule has 30 heavy (non-hydrogen) atoms. The molecule has 2 aromatic heterocycles. The fraction of sp³-hybridized carbons (Fsp3) is 0.0435. The maximum absolute atomic E-state index is 11.0. The van der Waals surface area contributed by atoms with Gasteiger partial charge in [-0.2, -0.15) is 5.10 Å². The molecule has 0 unspecified atom stereocenters. The van der Waals surface area contributed by atoms with Gasteiger partial charge in [0.25, 0.3) is 5.69 Å². The third-order valence-corrected chi connectivity index (χ3v) is 5.19. The maximum Gasteiger partial charge on any atom is 0.269 e. The van der Waals surface area contributed by atoms with Gasteiger partial charge in [0.2, 0.25) is 0 Å². The number of hydrogen-bond acceptors (Lipinski definition) is 4. The fourth-order valence-electron chi connectivity index (χ4n) is 3.69. The van der Waals surface area contributed by atoms with Gasteiger partial charge in [-0.05, 0) is 24.3 Å². The van der Waals surface area contributed by atoms with E-state index in [4.69, 9.17) is 4.98 Å². The van der Waals surface area contributed by atoms with Gasteiger partial charge in [-0.3, -0.25) is 15.2 Å². The van der Waals surface area contributed by atoms with Crippen molar-refractivity contribution in [3.63, 3.8) is 0 Å². The van der Waals surface area contributed by atoms with Crippen LogP contribution in [-0.4, -0.2) is 24.7 Å². The molecule has 0 aliphatic carbocycles. The molecule has 3 aromatic carbocycles. The molecule has 0 aliphatic rings. The predicted octanol–water partition coefficient (Wildman–Crippen LogP) is 5.21. The lowest BCUT2D eigenvalue weighted by molar-refractivity contribution is -0.384. The zero-order valence-electron chi connectivity index (χ0n) is 16.1. The summed E-state index contributed by atoms with van der Waals surface area (Å²) in [7, 11) is 1.98. The third kappa shape index (κ3) is 2.84. The van der Waals surface area contributed by atoms with Gasteiger partial charge in [-0.15, -0.1) is 0 Å². The standard InChI is InChI=1S/C23H17N5O2/c1-27-19-10-6-5-9-18(19)24-23(27)20-21(15-7-3-2-4-8-15)25-26-22(20)16-11-13-17(14-12-16)28(29)30/h2-14H,1H3,(H,25,26). The van der Waals surface area contributed by atoms with Crippen LogP contribution >= 0.6 is 0 Å². The Kier molecular flexibility index (Phi) is 4.14. The number of rotatable bonds is 4. The molecule has 0 bridgehead atoms. The van der Waals surface area contributed by atoms with Gasteiger partial charge in [-0.25, -0.2) is 4.98 Å². The van der Waals surface area contributed by atoms with Gasteiger partial charge in [0.05, 0.1) is 27.2 Å². The van der Waals surface area contributed by atoms with Crippen LogP contribution in [0.25, 0.3) is 44.9 Å². The van der Waals surface area contributed by atoms with E-state index in [1.54, 1.807) is 12.1 Å². The number of nitrogens with one attached hydrogen (secondary N) is 1. The maximum atomic E-state index is 11.0. The second kappa shape index (κ2) is 6.97. The lowest BCUT2D eigenvalue weighted by Crippen LogP contribution is -1.95. The SMILES string of the molecule is Cn1c(-c2c(-c3ccccc3)n[nH]c2-c2ccc([N+](=O)[O-])cc2)nc2ccccc21. The highest BCUT2D eigenvalue weighted by molar-refractivity contribution is 5.92. The van der Waals surface area contributed by atoms with E-state index >= 15 is 0 Å². The van der Waals surface area contributed by atoms with Gasteiger partial charge in [0, 0.05) is 30.3 Å². The monoisotopic (exact) mass is 395 g/mol. The molecule has 0 saturated carbocycles. The van der Waals surface area contributed by atoms with Crippen molar-refractivity contribution in [2.75, 3.05) is 0 Å².